The number of nitrogens with zero attached hydrogens (tertiary/aromatic N) is 2. The molecule has 1 saturated heterocycles. The maximum absolute atomic E-state index is 11.6. The molecular formula is C17H24BrN5O3. The van der Waals surface area contributed by atoms with E-state index in [0.717, 1.165) is 10.2 Å². The number of imide groups is 1. The lowest BCUT2D eigenvalue weighted by Crippen LogP contribution is -2.43. The summed E-state index contributed by atoms with van der Waals surface area (Å²) in [7, 11) is 0. The normalized spacial score (nSPS) is 15.7. The Morgan fingerprint density at radius 3 is 2.81 bits per heavy atom. The number of nitrogens with one attached hydrogen (secondary N) is 3. The van der Waals surface area contributed by atoms with Gasteiger partial charge in [-0.25, -0.2) is 9.79 Å². The van der Waals surface area contributed by atoms with E-state index >= 15 is 0 Å². The molecule has 142 valence electrons. The van der Waals surface area contributed by atoms with E-state index in [2.05, 4.69) is 36.9 Å². The summed E-state index contributed by atoms with van der Waals surface area (Å²) >= 11 is 3.46. The van der Waals surface area contributed by atoms with Crippen LogP contribution in [-0.4, -0.2) is 61.6 Å². The summed E-state index contributed by atoms with van der Waals surface area (Å²) < 4.78 is 6.77. The number of guanidine groups is 1. The van der Waals surface area contributed by atoms with E-state index < -0.39 is 0 Å². The highest BCUT2D eigenvalue weighted by Gasteiger charge is 2.27. The molecule has 1 unspecified atom stereocenters. The number of urea groups is 1. The molecule has 9 heteroatoms. The standard InChI is InChI=1S/C17H24BrN5O3/c1-3-19-16(20-8-9-23-15(24)11-22-17(23)25)21-10-12(2)26-14-7-5-4-6-13(14)18/h4-7,12H,3,8-11H2,1-2H3,(H,22,25)(H2,19,20,21). The molecular weight excluding hydrogens is 402 g/mol. The van der Waals surface area contributed by atoms with Gasteiger partial charge in [-0.05, 0) is 41.9 Å². The average Bonchev–Trinajstić information content (AvgIpc) is 2.93. The maximum Gasteiger partial charge on any atom is 0.324 e. The first-order valence-electron chi connectivity index (χ1n) is 8.52. The molecule has 26 heavy (non-hydrogen) atoms. The molecule has 0 aromatic heterocycles. The van der Waals surface area contributed by atoms with E-state index in [9.17, 15) is 9.59 Å². The summed E-state index contributed by atoms with van der Waals surface area (Å²) in [5.41, 5.74) is 0. The van der Waals surface area contributed by atoms with Gasteiger partial charge >= 0.3 is 6.03 Å². The smallest absolute Gasteiger partial charge is 0.324 e. The van der Waals surface area contributed by atoms with Crippen molar-refractivity contribution in [2.45, 2.75) is 20.0 Å². The van der Waals surface area contributed by atoms with Crippen LogP contribution in [0.2, 0.25) is 0 Å². The fourth-order valence-electron chi connectivity index (χ4n) is 2.32. The topological polar surface area (TPSA) is 95.1 Å². The van der Waals surface area contributed by atoms with Crippen LogP contribution in [0.25, 0.3) is 0 Å². The predicted octanol–water partition coefficient (Wildman–Crippen LogP) is 1.32. The van der Waals surface area contributed by atoms with E-state index in [1.54, 1.807) is 0 Å². The van der Waals surface area contributed by atoms with Crippen molar-refractivity contribution < 1.29 is 14.3 Å². The quantitative estimate of drug-likeness (QED) is 0.331. The third-order valence-corrected chi connectivity index (χ3v) is 4.24. The van der Waals surface area contributed by atoms with Gasteiger partial charge in [0.25, 0.3) is 0 Å². The van der Waals surface area contributed by atoms with Crippen molar-refractivity contribution in [3.63, 3.8) is 0 Å². The minimum absolute atomic E-state index is 0.0664. The average molecular weight is 426 g/mol. The van der Waals surface area contributed by atoms with Gasteiger partial charge in [-0.1, -0.05) is 12.1 Å². The number of hydrogen-bond donors (Lipinski definition) is 3. The number of ether oxygens (including phenoxy) is 1. The highest BCUT2D eigenvalue weighted by atomic mass is 79.9. The molecule has 0 spiro atoms. The van der Waals surface area contributed by atoms with Gasteiger partial charge < -0.3 is 20.7 Å². The summed E-state index contributed by atoms with van der Waals surface area (Å²) in [6, 6.07) is 7.31. The predicted molar refractivity (Wildman–Crippen MR) is 103 cm³/mol. The van der Waals surface area contributed by atoms with Crippen molar-refractivity contribution in [3.8, 4) is 5.75 Å². The summed E-state index contributed by atoms with van der Waals surface area (Å²) in [5, 5.41) is 8.74. The zero-order chi connectivity index (χ0) is 18.9. The van der Waals surface area contributed by atoms with Crippen molar-refractivity contribution >= 4 is 33.8 Å². The zero-order valence-electron chi connectivity index (χ0n) is 14.9. The van der Waals surface area contributed by atoms with E-state index in [-0.39, 0.29) is 31.1 Å². The Kier molecular flexibility index (Phi) is 7.71. The lowest BCUT2D eigenvalue weighted by atomic mass is 10.3. The molecule has 0 aliphatic carbocycles. The summed E-state index contributed by atoms with van der Waals surface area (Å²) in [4.78, 5) is 28.7. The van der Waals surface area contributed by atoms with Crippen molar-refractivity contribution in [1.82, 2.24) is 20.9 Å². The second-order valence-electron chi connectivity index (χ2n) is 5.71. The molecule has 0 radical (unpaired) electrons. The highest BCUT2D eigenvalue weighted by molar-refractivity contribution is 9.10. The van der Waals surface area contributed by atoms with Gasteiger partial charge in [0, 0.05) is 19.6 Å². The molecule has 1 atom stereocenters. The molecule has 1 aromatic carbocycles. The van der Waals surface area contributed by atoms with E-state index in [1.165, 1.54) is 4.90 Å². The first-order valence-corrected chi connectivity index (χ1v) is 9.32. The molecule has 0 saturated carbocycles. The monoisotopic (exact) mass is 425 g/mol. The first-order chi connectivity index (χ1) is 12.5. The van der Waals surface area contributed by atoms with Gasteiger partial charge in [0.1, 0.15) is 11.9 Å². The van der Waals surface area contributed by atoms with Gasteiger partial charge in [-0.3, -0.25) is 9.69 Å². The number of amides is 3. The Morgan fingerprint density at radius 1 is 1.38 bits per heavy atom. The molecule has 8 nitrogen and oxygen atoms in total. The van der Waals surface area contributed by atoms with Crippen molar-refractivity contribution in [3.05, 3.63) is 28.7 Å². The summed E-state index contributed by atoms with van der Waals surface area (Å²) in [6.45, 7) is 5.85. The second kappa shape index (κ2) is 10.0. The van der Waals surface area contributed by atoms with Crippen LogP contribution in [0.1, 0.15) is 13.8 Å². The largest absolute Gasteiger partial charge is 0.488 e. The number of para-hydroxylation sites is 1. The lowest BCUT2D eigenvalue weighted by Gasteiger charge is -2.17. The van der Waals surface area contributed by atoms with Crippen LogP contribution in [-0.2, 0) is 4.79 Å². The Morgan fingerprint density at radius 2 is 2.15 bits per heavy atom. The third kappa shape index (κ3) is 5.91. The van der Waals surface area contributed by atoms with Crippen LogP contribution < -0.4 is 20.7 Å². The van der Waals surface area contributed by atoms with Gasteiger partial charge in [0.2, 0.25) is 5.91 Å². The fraction of sp³-hybridized carbons (Fsp3) is 0.471. The lowest BCUT2D eigenvalue weighted by molar-refractivity contribution is -0.124. The molecule has 3 amide bonds. The SMILES string of the molecule is CCNC(=NCC(C)Oc1ccccc1Br)NCCN1C(=O)CNC1=O. The minimum atomic E-state index is -0.353. The maximum atomic E-state index is 11.6. The van der Waals surface area contributed by atoms with Crippen LogP contribution in [0.3, 0.4) is 0 Å². The van der Waals surface area contributed by atoms with Crippen LogP contribution in [0.4, 0.5) is 4.79 Å². The van der Waals surface area contributed by atoms with Crippen LogP contribution in [0, 0.1) is 0 Å². The molecule has 1 aliphatic rings. The zero-order valence-corrected chi connectivity index (χ0v) is 16.5. The van der Waals surface area contributed by atoms with Crippen molar-refractivity contribution in [2.75, 3.05) is 32.7 Å². The van der Waals surface area contributed by atoms with Crippen molar-refractivity contribution in [2.24, 2.45) is 4.99 Å². The molecule has 1 aliphatic heterocycles. The van der Waals surface area contributed by atoms with E-state index in [4.69, 9.17) is 4.74 Å². The van der Waals surface area contributed by atoms with E-state index in [1.807, 2.05) is 38.1 Å². The van der Waals surface area contributed by atoms with Gasteiger partial charge in [0.05, 0.1) is 17.6 Å². The number of carbonyl (C=O) groups is 2. The number of halogens is 1. The molecule has 2 rings (SSSR count). The molecule has 3 N–H and O–H groups in total. The second-order valence-corrected chi connectivity index (χ2v) is 6.56. The summed E-state index contributed by atoms with van der Waals surface area (Å²) in [6.07, 6.45) is -0.116. The Labute approximate surface area is 161 Å². The fourth-order valence-corrected chi connectivity index (χ4v) is 2.70. The van der Waals surface area contributed by atoms with Crippen LogP contribution in [0.5, 0.6) is 5.75 Å². The Balaban J connectivity index is 1.82. The first kappa shape index (κ1) is 20.0. The van der Waals surface area contributed by atoms with Crippen molar-refractivity contribution in [1.29, 1.82) is 0 Å². The van der Waals surface area contributed by atoms with Crippen LogP contribution in [0.15, 0.2) is 33.7 Å². The number of aliphatic imine (C=N–C) groups is 1. The molecule has 0 bridgehead atoms. The summed E-state index contributed by atoms with van der Waals surface area (Å²) in [5.74, 6) is 1.17. The minimum Gasteiger partial charge on any atom is -0.488 e. The molecule has 1 aromatic rings. The number of rotatable bonds is 8. The Hall–Kier alpha value is -2.29. The Bertz CT molecular complexity index is 652. The van der Waals surface area contributed by atoms with Gasteiger partial charge in [0.15, 0.2) is 5.96 Å². The molecule has 1 fully saturated rings. The third-order valence-electron chi connectivity index (χ3n) is 3.58. The number of hydrogen-bond acceptors (Lipinski definition) is 4. The van der Waals surface area contributed by atoms with Gasteiger partial charge in [-0.15, -0.1) is 0 Å². The van der Waals surface area contributed by atoms with E-state index in [0.29, 0.717) is 25.6 Å². The van der Waals surface area contributed by atoms with Gasteiger partial charge in [-0.2, -0.15) is 0 Å². The van der Waals surface area contributed by atoms with Crippen LogP contribution >= 0.6 is 15.9 Å². The number of benzene rings is 1. The highest BCUT2D eigenvalue weighted by Crippen LogP contribution is 2.24. The molecule has 1 heterocycles. The number of carbonyl (C=O) groups excluding carboxylic acids is 2.